The third-order valence-corrected chi connectivity index (χ3v) is 1.22. The fourth-order valence-electron chi connectivity index (χ4n) is 0.422. The van der Waals surface area contributed by atoms with E-state index in [1.54, 1.807) is 6.92 Å². The van der Waals surface area contributed by atoms with Crippen molar-refractivity contribution in [3.05, 3.63) is 0 Å². The van der Waals surface area contributed by atoms with E-state index in [9.17, 15) is 14.2 Å². The molecule has 0 rings (SSSR count). The minimum absolute atomic E-state index is 0.0847. The predicted octanol–water partition coefficient (Wildman–Crippen LogP) is -0.711. The molecule has 2 N–H and O–H groups in total. The van der Waals surface area contributed by atoms with E-state index in [0.717, 1.165) is 0 Å². The summed E-state index contributed by atoms with van der Waals surface area (Å²) in [5.41, 5.74) is 0. The van der Waals surface area contributed by atoms with Crippen molar-refractivity contribution < 1.29 is 28.3 Å². The van der Waals surface area contributed by atoms with Gasteiger partial charge < -0.3 is 10.1 Å². The Morgan fingerprint density at radius 1 is 1.54 bits per heavy atom. The smallest absolute Gasteiger partial charge is 0.459 e. The molecule has 0 aliphatic heterocycles. The first kappa shape index (κ1) is 12.0. The molecule has 0 spiro atoms. The minimum Gasteiger partial charge on any atom is -0.459 e. The maximum atomic E-state index is 10.7. The Morgan fingerprint density at radius 2 is 2.15 bits per heavy atom. The number of carbonyl (C=O) groups excluding carboxylic acids is 2. The lowest BCUT2D eigenvalue weighted by atomic mass is 10.6. The average Bonchev–Trinajstić information content (AvgIpc) is 2.04. The summed E-state index contributed by atoms with van der Waals surface area (Å²) in [6.45, 7) is 1.12. The Bertz CT molecular complexity index is 217. The van der Waals surface area contributed by atoms with E-state index in [0.29, 0.717) is 0 Å². The highest BCUT2D eigenvalue weighted by atomic mass is 31.1. The van der Waals surface area contributed by atoms with Gasteiger partial charge in [0.1, 0.15) is 0 Å². The predicted molar refractivity (Wildman–Crippen MR) is 40.6 cm³/mol. The first-order chi connectivity index (χ1) is 6.07. The molecule has 0 saturated carbocycles. The van der Waals surface area contributed by atoms with E-state index < -0.39 is 26.9 Å². The molecule has 74 valence electrons. The third kappa shape index (κ3) is 6.15. The maximum absolute atomic E-state index is 10.7. The zero-order valence-electron chi connectivity index (χ0n) is 6.85. The number of carbonyl (C=O) groups is 2. The SMILES string of the molecule is CCOC(=O)C(=O)NCO[P+](=O)O. The highest BCUT2D eigenvalue weighted by molar-refractivity contribution is 7.32. The molecule has 0 fully saturated rings. The van der Waals surface area contributed by atoms with Crippen LogP contribution < -0.4 is 5.32 Å². The molecular weight excluding hydrogens is 201 g/mol. The van der Waals surface area contributed by atoms with E-state index in [1.807, 2.05) is 5.32 Å². The second-order valence-electron chi connectivity index (χ2n) is 1.74. The Balaban J connectivity index is 3.62. The van der Waals surface area contributed by atoms with Crippen molar-refractivity contribution in [3.63, 3.8) is 0 Å². The van der Waals surface area contributed by atoms with E-state index in [4.69, 9.17) is 4.89 Å². The van der Waals surface area contributed by atoms with Crippen molar-refractivity contribution in [1.82, 2.24) is 5.32 Å². The van der Waals surface area contributed by atoms with Gasteiger partial charge in [-0.2, -0.15) is 0 Å². The zero-order chi connectivity index (χ0) is 10.3. The van der Waals surface area contributed by atoms with Crippen LogP contribution in [0.25, 0.3) is 0 Å². The summed E-state index contributed by atoms with van der Waals surface area (Å²) in [6, 6.07) is 0. The monoisotopic (exact) mass is 210 g/mol. The van der Waals surface area contributed by atoms with Crippen LogP contribution in [-0.2, 0) is 23.4 Å². The highest BCUT2D eigenvalue weighted by Crippen LogP contribution is 2.11. The summed E-state index contributed by atoms with van der Waals surface area (Å²) in [7, 11) is -2.78. The molecule has 8 heteroatoms. The van der Waals surface area contributed by atoms with Gasteiger partial charge >= 0.3 is 20.1 Å². The molecular formula is C5H9NO6P+. The number of ether oxygens (including phenoxy) is 1. The Kier molecular flexibility index (Phi) is 5.96. The van der Waals surface area contributed by atoms with Crippen LogP contribution >= 0.6 is 8.25 Å². The fraction of sp³-hybridized carbons (Fsp3) is 0.600. The minimum atomic E-state index is -2.78. The van der Waals surface area contributed by atoms with Gasteiger partial charge in [-0.05, 0) is 6.92 Å². The summed E-state index contributed by atoms with van der Waals surface area (Å²) < 4.78 is 18.3. The van der Waals surface area contributed by atoms with Crippen LogP contribution in [-0.4, -0.2) is 30.1 Å². The number of amides is 1. The van der Waals surface area contributed by atoms with Crippen LogP contribution in [0, 0.1) is 0 Å². The van der Waals surface area contributed by atoms with Gasteiger partial charge in [0.2, 0.25) is 0 Å². The summed E-state index contributed by atoms with van der Waals surface area (Å²) in [5.74, 6) is -2.07. The van der Waals surface area contributed by atoms with Crippen LogP contribution in [0.15, 0.2) is 0 Å². The molecule has 7 nitrogen and oxygen atoms in total. The number of hydrogen-bond acceptors (Lipinski definition) is 5. The summed E-state index contributed by atoms with van der Waals surface area (Å²) in [5, 5.41) is 1.92. The molecule has 13 heavy (non-hydrogen) atoms. The first-order valence-corrected chi connectivity index (χ1v) is 4.45. The van der Waals surface area contributed by atoms with E-state index in [-0.39, 0.29) is 6.61 Å². The molecule has 0 heterocycles. The van der Waals surface area contributed by atoms with Crippen molar-refractivity contribution in [2.75, 3.05) is 13.3 Å². The van der Waals surface area contributed by atoms with Crippen molar-refractivity contribution in [1.29, 1.82) is 0 Å². The molecule has 0 aromatic heterocycles. The van der Waals surface area contributed by atoms with Crippen LogP contribution in [0.1, 0.15) is 6.92 Å². The van der Waals surface area contributed by atoms with Gasteiger partial charge in [0.25, 0.3) is 0 Å². The zero-order valence-corrected chi connectivity index (χ0v) is 7.74. The van der Waals surface area contributed by atoms with E-state index >= 15 is 0 Å². The molecule has 1 atom stereocenters. The topological polar surface area (TPSA) is 102 Å². The van der Waals surface area contributed by atoms with Crippen molar-refractivity contribution in [3.8, 4) is 0 Å². The van der Waals surface area contributed by atoms with Gasteiger partial charge in [-0.15, -0.1) is 4.89 Å². The number of esters is 1. The number of rotatable bonds is 4. The van der Waals surface area contributed by atoms with Gasteiger partial charge in [0.15, 0.2) is 6.73 Å². The van der Waals surface area contributed by atoms with Gasteiger partial charge in [-0.25, -0.2) is 4.79 Å². The van der Waals surface area contributed by atoms with Crippen molar-refractivity contribution in [2.45, 2.75) is 6.92 Å². The second-order valence-corrected chi connectivity index (χ2v) is 2.47. The molecule has 0 radical (unpaired) electrons. The lowest BCUT2D eigenvalue weighted by Crippen LogP contribution is -2.33. The quantitative estimate of drug-likeness (QED) is 0.275. The van der Waals surface area contributed by atoms with E-state index in [1.165, 1.54) is 0 Å². The van der Waals surface area contributed by atoms with Crippen LogP contribution in [0.5, 0.6) is 0 Å². The Morgan fingerprint density at radius 3 is 2.62 bits per heavy atom. The Hall–Kier alpha value is -1.04. The van der Waals surface area contributed by atoms with Crippen LogP contribution in [0.4, 0.5) is 0 Å². The van der Waals surface area contributed by atoms with Crippen LogP contribution in [0.3, 0.4) is 0 Å². The largest absolute Gasteiger partial charge is 0.696 e. The molecule has 0 aromatic carbocycles. The average molecular weight is 210 g/mol. The summed E-state index contributed by atoms with van der Waals surface area (Å²) in [4.78, 5) is 29.4. The van der Waals surface area contributed by atoms with Crippen molar-refractivity contribution in [2.24, 2.45) is 0 Å². The van der Waals surface area contributed by atoms with Gasteiger partial charge in [-0.1, -0.05) is 4.52 Å². The molecule has 0 aliphatic rings. The lowest BCUT2D eigenvalue weighted by Gasteiger charge is -1.99. The Labute approximate surface area is 75.0 Å². The third-order valence-electron chi connectivity index (χ3n) is 0.869. The second kappa shape index (κ2) is 6.47. The van der Waals surface area contributed by atoms with Gasteiger partial charge in [0.05, 0.1) is 6.61 Å². The lowest BCUT2D eigenvalue weighted by molar-refractivity contribution is -0.154. The summed E-state index contributed by atoms with van der Waals surface area (Å²) in [6.07, 6.45) is 0. The number of hydrogen-bond donors (Lipinski definition) is 2. The molecule has 1 amide bonds. The van der Waals surface area contributed by atoms with Crippen molar-refractivity contribution >= 4 is 20.1 Å². The normalized spacial score (nSPS) is 10.5. The van der Waals surface area contributed by atoms with Gasteiger partial charge in [0, 0.05) is 4.57 Å². The molecule has 0 aromatic rings. The van der Waals surface area contributed by atoms with Crippen LogP contribution in [0.2, 0.25) is 0 Å². The molecule has 0 bridgehead atoms. The first-order valence-electron chi connectivity index (χ1n) is 3.32. The number of nitrogens with one attached hydrogen (secondary N) is 1. The van der Waals surface area contributed by atoms with Gasteiger partial charge in [-0.3, -0.25) is 4.79 Å². The molecule has 0 aliphatic carbocycles. The summed E-state index contributed by atoms with van der Waals surface area (Å²) >= 11 is 0. The fourth-order valence-corrected chi connectivity index (χ4v) is 0.597. The molecule has 0 saturated heterocycles. The highest BCUT2D eigenvalue weighted by Gasteiger charge is 2.17. The standard InChI is InChI=1S/C5H8NO6P/c1-2-11-5(8)4(7)6-3-12-13(9)10/h2-3H2,1H3,(H-,6,7,9,10)/p+1. The van der Waals surface area contributed by atoms with E-state index in [2.05, 4.69) is 9.26 Å². The maximum Gasteiger partial charge on any atom is 0.696 e. The molecule has 1 unspecified atom stereocenters.